The second-order valence-electron chi connectivity index (χ2n) is 3.68. The molecule has 1 aliphatic heterocycles. The number of Topliss-reactive ketones (excluding diaryl/α,β-unsaturated/α-hetero) is 1. The van der Waals surface area contributed by atoms with Gasteiger partial charge in [0, 0.05) is 18.4 Å². The third kappa shape index (κ3) is 1.76. The van der Waals surface area contributed by atoms with E-state index >= 15 is 0 Å². The zero-order chi connectivity index (χ0) is 11.5. The van der Waals surface area contributed by atoms with Crippen molar-refractivity contribution in [2.45, 2.75) is 12.8 Å². The number of rotatable bonds is 4. The lowest BCUT2D eigenvalue weighted by Crippen LogP contribution is -2.10. The van der Waals surface area contributed by atoms with Crippen LogP contribution in [0.25, 0.3) is 0 Å². The van der Waals surface area contributed by atoms with Gasteiger partial charge >= 0.3 is 0 Å². The number of ether oxygens (including phenoxy) is 2. The number of ketones is 1. The Morgan fingerprint density at radius 1 is 1.56 bits per heavy atom. The minimum Gasteiger partial charge on any atom is -0.496 e. The van der Waals surface area contributed by atoms with E-state index in [1.165, 1.54) is 0 Å². The van der Waals surface area contributed by atoms with Gasteiger partial charge in [-0.25, -0.2) is 0 Å². The van der Waals surface area contributed by atoms with Crippen molar-refractivity contribution in [3.8, 4) is 11.5 Å². The first-order valence-electron chi connectivity index (χ1n) is 5.34. The Morgan fingerprint density at radius 2 is 2.38 bits per heavy atom. The first kappa shape index (κ1) is 11.0. The van der Waals surface area contributed by atoms with Gasteiger partial charge in [0.2, 0.25) is 0 Å². The van der Waals surface area contributed by atoms with Crippen molar-refractivity contribution >= 4 is 5.78 Å². The van der Waals surface area contributed by atoms with Crippen LogP contribution in [-0.2, 0) is 6.42 Å². The summed E-state index contributed by atoms with van der Waals surface area (Å²) in [7, 11) is 1.58. The lowest BCUT2D eigenvalue weighted by Gasteiger charge is -2.10. The number of hydrogen-bond donors (Lipinski definition) is 1. The SMILES string of the molecule is COc1c(C(=O)CCN)ccc2c1CCO2. The summed E-state index contributed by atoms with van der Waals surface area (Å²) in [6.45, 7) is 1.01. The van der Waals surface area contributed by atoms with Gasteiger partial charge in [0.1, 0.15) is 11.5 Å². The van der Waals surface area contributed by atoms with Crippen LogP contribution in [0.4, 0.5) is 0 Å². The lowest BCUT2D eigenvalue weighted by atomic mass is 10.0. The normalized spacial score (nSPS) is 13.1. The van der Waals surface area contributed by atoms with Gasteiger partial charge in [0.25, 0.3) is 0 Å². The van der Waals surface area contributed by atoms with Gasteiger partial charge in [-0.15, -0.1) is 0 Å². The Morgan fingerprint density at radius 3 is 3.06 bits per heavy atom. The summed E-state index contributed by atoms with van der Waals surface area (Å²) in [5, 5.41) is 0. The van der Waals surface area contributed by atoms with Crippen molar-refractivity contribution in [1.82, 2.24) is 0 Å². The van der Waals surface area contributed by atoms with Gasteiger partial charge in [0.15, 0.2) is 5.78 Å². The first-order chi connectivity index (χ1) is 7.77. The van der Waals surface area contributed by atoms with Crippen LogP contribution >= 0.6 is 0 Å². The molecule has 0 saturated heterocycles. The minimum absolute atomic E-state index is 0.0223. The maximum atomic E-state index is 11.8. The molecule has 0 bridgehead atoms. The van der Waals surface area contributed by atoms with Crippen LogP contribution in [0.5, 0.6) is 11.5 Å². The fourth-order valence-electron chi connectivity index (χ4n) is 1.96. The molecule has 0 fully saturated rings. The van der Waals surface area contributed by atoms with Crippen molar-refractivity contribution in [2.75, 3.05) is 20.3 Å². The monoisotopic (exact) mass is 221 g/mol. The third-order valence-corrected chi connectivity index (χ3v) is 2.70. The van der Waals surface area contributed by atoms with E-state index < -0.39 is 0 Å². The topological polar surface area (TPSA) is 61.5 Å². The summed E-state index contributed by atoms with van der Waals surface area (Å²) in [5.74, 6) is 1.49. The highest BCUT2D eigenvalue weighted by molar-refractivity contribution is 5.99. The van der Waals surface area contributed by atoms with Crippen LogP contribution < -0.4 is 15.2 Å². The minimum atomic E-state index is 0.0223. The number of benzene rings is 1. The van der Waals surface area contributed by atoms with Crippen LogP contribution in [0.15, 0.2) is 12.1 Å². The highest BCUT2D eigenvalue weighted by atomic mass is 16.5. The standard InChI is InChI=1S/C12H15NO3/c1-15-12-8(10(14)4-6-13)2-3-11-9(12)5-7-16-11/h2-3H,4-7,13H2,1H3. The van der Waals surface area contributed by atoms with Gasteiger partial charge in [-0.2, -0.15) is 0 Å². The molecule has 86 valence electrons. The zero-order valence-electron chi connectivity index (χ0n) is 9.29. The molecule has 1 heterocycles. The fourth-order valence-corrected chi connectivity index (χ4v) is 1.96. The van der Waals surface area contributed by atoms with Crippen LogP contribution in [0.3, 0.4) is 0 Å². The molecule has 2 rings (SSSR count). The molecule has 4 nitrogen and oxygen atoms in total. The summed E-state index contributed by atoms with van der Waals surface area (Å²) in [5.41, 5.74) is 6.98. The van der Waals surface area contributed by atoms with E-state index in [9.17, 15) is 4.79 Å². The number of carbonyl (C=O) groups excluding carboxylic acids is 1. The largest absolute Gasteiger partial charge is 0.496 e. The summed E-state index contributed by atoms with van der Waals surface area (Å²) >= 11 is 0. The van der Waals surface area contributed by atoms with Crippen LogP contribution in [-0.4, -0.2) is 26.0 Å². The summed E-state index contributed by atoms with van der Waals surface area (Å²) in [4.78, 5) is 11.8. The summed E-state index contributed by atoms with van der Waals surface area (Å²) in [6, 6.07) is 3.58. The van der Waals surface area contributed by atoms with Gasteiger partial charge < -0.3 is 15.2 Å². The molecule has 0 saturated carbocycles. The van der Waals surface area contributed by atoms with Crippen molar-refractivity contribution in [1.29, 1.82) is 0 Å². The van der Waals surface area contributed by atoms with Crippen LogP contribution in [0, 0.1) is 0 Å². The molecule has 16 heavy (non-hydrogen) atoms. The van der Waals surface area contributed by atoms with E-state index in [4.69, 9.17) is 15.2 Å². The van der Waals surface area contributed by atoms with Crippen LogP contribution in [0.2, 0.25) is 0 Å². The number of fused-ring (bicyclic) bond motifs is 1. The maximum Gasteiger partial charge on any atom is 0.167 e. The van der Waals surface area contributed by atoms with E-state index in [0.717, 1.165) is 17.7 Å². The molecule has 0 amide bonds. The average molecular weight is 221 g/mol. The zero-order valence-corrected chi connectivity index (χ0v) is 9.29. The molecular formula is C12H15NO3. The lowest BCUT2D eigenvalue weighted by molar-refractivity contribution is 0.0982. The third-order valence-electron chi connectivity index (χ3n) is 2.70. The Labute approximate surface area is 94.3 Å². The van der Waals surface area contributed by atoms with Crippen molar-refractivity contribution in [3.63, 3.8) is 0 Å². The highest BCUT2D eigenvalue weighted by Gasteiger charge is 2.22. The average Bonchev–Trinajstić information content (AvgIpc) is 2.75. The van der Waals surface area contributed by atoms with Crippen molar-refractivity contribution in [2.24, 2.45) is 5.73 Å². The van der Waals surface area contributed by atoms with Crippen molar-refractivity contribution in [3.05, 3.63) is 23.3 Å². The Hall–Kier alpha value is -1.55. The summed E-state index contributed by atoms with van der Waals surface area (Å²) in [6.07, 6.45) is 1.14. The molecule has 0 atom stereocenters. The van der Waals surface area contributed by atoms with Gasteiger partial charge in [0.05, 0.1) is 19.3 Å². The number of carbonyl (C=O) groups is 1. The predicted octanol–water partition coefficient (Wildman–Crippen LogP) is 1.16. The second kappa shape index (κ2) is 4.53. The molecule has 4 heteroatoms. The van der Waals surface area contributed by atoms with Gasteiger partial charge in [-0.1, -0.05) is 0 Å². The van der Waals surface area contributed by atoms with E-state index in [1.54, 1.807) is 13.2 Å². The van der Waals surface area contributed by atoms with E-state index in [0.29, 0.717) is 30.9 Å². The molecule has 1 aromatic carbocycles. The molecule has 1 aliphatic rings. The summed E-state index contributed by atoms with van der Waals surface area (Å²) < 4.78 is 10.7. The predicted molar refractivity (Wildman–Crippen MR) is 60.2 cm³/mol. The maximum absolute atomic E-state index is 11.8. The Kier molecular flexibility index (Phi) is 3.10. The molecule has 1 aromatic rings. The van der Waals surface area contributed by atoms with Crippen LogP contribution in [0.1, 0.15) is 22.3 Å². The van der Waals surface area contributed by atoms with Gasteiger partial charge in [-0.05, 0) is 18.7 Å². The number of hydrogen-bond acceptors (Lipinski definition) is 4. The highest BCUT2D eigenvalue weighted by Crippen LogP contribution is 2.36. The Bertz CT molecular complexity index is 415. The molecule has 2 N–H and O–H groups in total. The van der Waals surface area contributed by atoms with E-state index in [-0.39, 0.29) is 5.78 Å². The second-order valence-corrected chi connectivity index (χ2v) is 3.68. The number of nitrogens with two attached hydrogens (primary N) is 1. The molecule has 0 spiro atoms. The first-order valence-corrected chi connectivity index (χ1v) is 5.34. The molecule has 0 radical (unpaired) electrons. The number of methoxy groups -OCH3 is 1. The van der Waals surface area contributed by atoms with Gasteiger partial charge in [-0.3, -0.25) is 4.79 Å². The molecular weight excluding hydrogens is 206 g/mol. The fraction of sp³-hybridized carbons (Fsp3) is 0.417. The Balaban J connectivity index is 2.42. The van der Waals surface area contributed by atoms with Crippen molar-refractivity contribution < 1.29 is 14.3 Å². The molecule has 0 aromatic heterocycles. The van der Waals surface area contributed by atoms with E-state index in [1.807, 2.05) is 6.07 Å². The van der Waals surface area contributed by atoms with E-state index in [2.05, 4.69) is 0 Å². The molecule has 0 aliphatic carbocycles. The quantitative estimate of drug-likeness (QED) is 0.775. The molecule has 0 unspecified atom stereocenters. The smallest absolute Gasteiger partial charge is 0.167 e.